The Bertz CT molecular complexity index is 728. The van der Waals surface area contributed by atoms with Crippen LogP contribution in [-0.4, -0.2) is 66.9 Å². The van der Waals surface area contributed by atoms with Crippen LogP contribution in [0.3, 0.4) is 0 Å². The highest BCUT2D eigenvalue weighted by molar-refractivity contribution is 5.94. The average molecular weight is 432 g/mol. The first-order valence-corrected chi connectivity index (χ1v) is 11.5. The summed E-state index contributed by atoms with van der Waals surface area (Å²) in [4.78, 5) is 28.5. The fourth-order valence-electron chi connectivity index (χ4n) is 4.60. The van der Waals surface area contributed by atoms with E-state index in [-0.39, 0.29) is 25.2 Å². The van der Waals surface area contributed by atoms with Crippen LogP contribution in [0.4, 0.5) is 10.5 Å². The first kappa shape index (κ1) is 23.4. The van der Waals surface area contributed by atoms with E-state index in [2.05, 4.69) is 10.2 Å². The molecule has 0 saturated carbocycles. The van der Waals surface area contributed by atoms with Crippen LogP contribution in [-0.2, 0) is 4.74 Å². The van der Waals surface area contributed by atoms with Gasteiger partial charge < -0.3 is 25.0 Å². The van der Waals surface area contributed by atoms with Crippen LogP contribution in [0.2, 0.25) is 0 Å². The number of piperidine rings is 2. The highest BCUT2D eigenvalue weighted by atomic mass is 16.6. The van der Waals surface area contributed by atoms with Gasteiger partial charge in [0.2, 0.25) is 0 Å². The van der Waals surface area contributed by atoms with E-state index < -0.39 is 5.60 Å². The second kappa shape index (κ2) is 10.4. The topological polar surface area (TPSA) is 82.1 Å². The average Bonchev–Trinajstić information content (AvgIpc) is 2.76. The number of amides is 2. The van der Waals surface area contributed by atoms with Crippen molar-refractivity contribution in [2.75, 3.05) is 44.2 Å². The molecule has 0 bridgehead atoms. The van der Waals surface area contributed by atoms with Crippen molar-refractivity contribution >= 4 is 17.7 Å². The van der Waals surface area contributed by atoms with Crippen LogP contribution >= 0.6 is 0 Å². The van der Waals surface area contributed by atoms with Gasteiger partial charge in [-0.15, -0.1) is 0 Å². The van der Waals surface area contributed by atoms with Gasteiger partial charge in [0, 0.05) is 44.0 Å². The molecule has 2 saturated heterocycles. The summed E-state index contributed by atoms with van der Waals surface area (Å²) < 4.78 is 5.51. The van der Waals surface area contributed by atoms with Crippen molar-refractivity contribution in [3.8, 4) is 0 Å². The van der Waals surface area contributed by atoms with Crippen molar-refractivity contribution in [1.82, 2.24) is 10.2 Å². The minimum Gasteiger partial charge on any atom is -0.444 e. The number of nitrogens with zero attached hydrogens (tertiary/aromatic N) is 2. The molecule has 1 aromatic rings. The highest BCUT2D eigenvalue weighted by Gasteiger charge is 2.32. The number of anilines is 1. The highest BCUT2D eigenvalue weighted by Crippen LogP contribution is 2.34. The largest absolute Gasteiger partial charge is 0.444 e. The maximum Gasteiger partial charge on any atom is 0.410 e. The summed E-state index contributed by atoms with van der Waals surface area (Å²) >= 11 is 0. The van der Waals surface area contributed by atoms with E-state index >= 15 is 0 Å². The lowest BCUT2D eigenvalue weighted by atomic mass is 9.79. The van der Waals surface area contributed by atoms with Crippen molar-refractivity contribution in [1.29, 1.82) is 0 Å². The number of hydrogen-bond acceptors (Lipinski definition) is 5. The number of benzene rings is 1. The van der Waals surface area contributed by atoms with Crippen LogP contribution in [0, 0.1) is 11.8 Å². The van der Waals surface area contributed by atoms with Gasteiger partial charge in [0.05, 0.1) is 6.61 Å². The van der Waals surface area contributed by atoms with Crippen molar-refractivity contribution in [3.05, 3.63) is 29.8 Å². The number of carbonyl (C=O) groups is 2. The Hall–Kier alpha value is -2.28. The Morgan fingerprint density at radius 1 is 1.00 bits per heavy atom. The zero-order chi connectivity index (χ0) is 22.4. The third-order valence-electron chi connectivity index (χ3n) is 6.29. The van der Waals surface area contributed by atoms with E-state index in [1.54, 1.807) is 0 Å². The Balaban J connectivity index is 1.44. The molecule has 2 heterocycles. The summed E-state index contributed by atoms with van der Waals surface area (Å²) in [5.74, 6) is 1.23. The Morgan fingerprint density at radius 2 is 1.55 bits per heavy atom. The number of carbonyl (C=O) groups excluding carboxylic acids is 2. The minimum absolute atomic E-state index is 0.0567. The van der Waals surface area contributed by atoms with Crippen LogP contribution < -0.4 is 10.2 Å². The van der Waals surface area contributed by atoms with E-state index in [9.17, 15) is 9.59 Å². The van der Waals surface area contributed by atoms with Gasteiger partial charge in [0.15, 0.2) is 0 Å². The van der Waals surface area contributed by atoms with Gasteiger partial charge in [0.25, 0.3) is 5.91 Å². The molecule has 2 N–H and O–H groups in total. The molecule has 2 amide bonds. The van der Waals surface area contributed by atoms with Crippen molar-refractivity contribution in [3.63, 3.8) is 0 Å². The molecule has 7 nitrogen and oxygen atoms in total. The lowest BCUT2D eigenvalue weighted by Crippen LogP contribution is -2.44. The molecule has 0 aliphatic carbocycles. The summed E-state index contributed by atoms with van der Waals surface area (Å²) in [6.07, 6.45) is 4.25. The molecule has 2 fully saturated rings. The molecule has 172 valence electrons. The number of rotatable bonds is 5. The summed E-state index contributed by atoms with van der Waals surface area (Å²) in [5.41, 5.74) is 1.32. The molecule has 2 aliphatic rings. The molecule has 7 heteroatoms. The molecule has 3 rings (SSSR count). The third-order valence-corrected chi connectivity index (χ3v) is 6.29. The fourth-order valence-corrected chi connectivity index (χ4v) is 4.60. The minimum atomic E-state index is -0.442. The summed E-state index contributed by atoms with van der Waals surface area (Å²) in [6.45, 7) is 9.56. The van der Waals surface area contributed by atoms with Crippen molar-refractivity contribution in [2.45, 2.75) is 52.1 Å². The van der Waals surface area contributed by atoms with Gasteiger partial charge in [-0.05, 0) is 82.6 Å². The van der Waals surface area contributed by atoms with E-state index in [0.29, 0.717) is 17.4 Å². The summed E-state index contributed by atoms with van der Waals surface area (Å²) in [5, 5.41) is 11.5. The lowest BCUT2D eigenvalue weighted by Gasteiger charge is -2.41. The van der Waals surface area contributed by atoms with Gasteiger partial charge in [-0.1, -0.05) is 0 Å². The fraction of sp³-hybridized carbons (Fsp3) is 0.667. The van der Waals surface area contributed by atoms with E-state index in [4.69, 9.17) is 9.84 Å². The summed E-state index contributed by atoms with van der Waals surface area (Å²) in [7, 11) is 0. The van der Waals surface area contributed by atoms with Crippen LogP contribution in [0.25, 0.3) is 0 Å². The second-order valence-corrected chi connectivity index (χ2v) is 9.66. The number of likely N-dealkylation sites (tertiary alicyclic amines) is 1. The normalized spacial score (nSPS) is 18.7. The quantitative estimate of drug-likeness (QED) is 0.748. The van der Waals surface area contributed by atoms with Crippen LogP contribution in [0.15, 0.2) is 24.3 Å². The van der Waals surface area contributed by atoms with E-state index in [1.165, 1.54) is 0 Å². The maximum absolute atomic E-state index is 12.3. The zero-order valence-electron chi connectivity index (χ0n) is 19.1. The van der Waals surface area contributed by atoms with Gasteiger partial charge in [-0.3, -0.25) is 4.79 Å². The summed E-state index contributed by atoms with van der Waals surface area (Å²) in [6, 6.07) is 7.71. The first-order valence-electron chi connectivity index (χ1n) is 11.5. The van der Waals surface area contributed by atoms with Crippen LogP contribution in [0.1, 0.15) is 56.8 Å². The number of hydrogen-bond donors (Lipinski definition) is 2. The Labute approximate surface area is 185 Å². The Kier molecular flexibility index (Phi) is 7.81. The predicted molar refractivity (Wildman–Crippen MR) is 121 cm³/mol. The molecule has 31 heavy (non-hydrogen) atoms. The van der Waals surface area contributed by atoms with E-state index in [1.807, 2.05) is 49.9 Å². The third kappa shape index (κ3) is 6.60. The number of nitrogens with one attached hydrogen (secondary N) is 1. The maximum atomic E-state index is 12.3. The number of aliphatic hydroxyl groups is 1. The molecule has 0 radical (unpaired) electrons. The SMILES string of the molecule is CC(C)(C)OC(=O)N1CCC(C2CCN(c3ccc(C(=O)NCCO)cc3)CC2)CC1. The van der Waals surface area contributed by atoms with Crippen LogP contribution in [0.5, 0.6) is 0 Å². The van der Waals surface area contributed by atoms with Gasteiger partial charge in [-0.2, -0.15) is 0 Å². The van der Waals surface area contributed by atoms with Gasteiger partial charge >= 0.3 is 6.09 Å². The molecular weight excluding hydrogens is 394 g/mol. The van der Waals surface area contributed by atoms with E-state index in [0.717, 1.165) is 57.5 Å². The molecule has 0 aromatic heterocycles. The second-order valence-electron chi connectivity index (χ2n) is 9.66. The first-order chi connectivity index (χ1) is 14.8. The smallest absolute Gasteiger partial charge is 0.410 e. The zero-order valence-corrected chi connectivity index (χ0v) is 19.1. The molecule has 1 aromatic carbocycles. The van der Waals surface area contributed by atoms with Crippen molar-refractivity contribution < 1.29 is 19.4 Å². The lowest BCUT2D eigenvalue weighted by molar-refractivity contribution is 0.0152. The number of aliphatic hydroxyl groups excluding tert-OH is 1. The molecule has 0 atom stereocenters. The van der Waals surface area contributed by atoms with Crippen molar-refractivity contribution in [2.24, 2.45) is 11.8 Å². The molecule has 0 spiro atoms. The monoisotopic (exact) mass is 431 g/mol. The molecule has 0 unspecified atom stereocenters. The standard InChI is InChI=1S/C24H37N3O4/c1-24(2,3)31-23(30)27-15-10-19(11-16-27)18-8-13-26(14-9-18)21-6-4-20(5-7-21)22(29)25-12-17-28/h4-7,18-19,28H,8-17H2,1-3H3,(H,25,29). The number of ether oxygens (including phenoxy) is 1. The Morgan fingerprint density at radius 3 is 2.06 bits per heavy atom. The predicted octanol–water partition coefficient (Wildman–Crippen LogP) is 3.27. The molecule has 2 aliphatic heterocycles. The molecular formula is C24H37N3O4. The van der Waals surface area contributed by atoms with Gasteiger partial charge in [-0.25, -0.2) is 4.79 Å². The van der Waals surface area contributed by atoms with Gasteiger partial charge in [0.1, 0.15) is 5.60 Å².